The number of carbonyl (C=O) groups excluding carboxylic acids is 1. The molecule has 4 rings (SSSR count). The van der Waals surface area contributed by atoms with Crippen LogP contribution in [0.3, 0.4) is 0 Å². The van der Waals surface area contributed by atoms with Crippen LogP contribution in [-0.2, 0) is 7.05 Å². The Balaban J connectivity index is 1.72. The number of phenols is 1. The Bertz CT molecular complexity index is 992. The SMILES string of the molecule is Cn1c([C@@H]2CCCN2C(=O)c2cc(F)c(O)c(F)c2)nc2ccccc21. The van der Waals surface area contributed by atoms with Gasteiger partial charge in [-0.05, 0) is 37.1 Å². The third kappa shape index (κ3) is 2.51. The number of imidazole rings is 1. The van der Waals surface area contributed by atoms with Crippen LogP contribution in [0.25, 0.3) is 11.0 Å². The van der Waals surface area contributed by atoms with Gasteiger partial charge in [0.25, 0.3) is 5.91 Å². The van der Waals surface area contributed by atoms with Gasteiger partial charge in [0.05, 0.1) is 17.1 Å². The van der Waals surface area contributed by atoms with Crippen molar-refractivity contribution >= 4 is 16.9 Å². The van der Waals surface area contributed by atoms with E-state index in [9.17, 15) is 18.7 Å². The normalized spacial score (nSPS) is 17.2. The summed E-state index contributed by atoms with van der Waals surface area (Å²) in [4.78, 5) is 19.1. The van der Waals surface area contributed by atoms with Gasteiger partial charge in [0.15, 0.2) is 17.4 Å². The molecule has 3 aromatic rings. The molecule has 0 bridgehead atoms. The third-order valence-electron chi connectivity index (χ3n) is 4.90. The molecule has 1 N–H and O–H groups in total. The van der Waals surface area contributed by atoms with Crippen LogP contribution in [0.2, 0.25) is 0 Å². The van der Waals surface area contributed by atoms with Crippen LogP contribution in [0, 0.1) is 11.6 Å². The summed E-state index contributed by atoms with van der Waals surface area (Å²) < 4.78 is 29.2. The molecule has 0 radical (unpaired) electrons. The number of rotatable bonds is 2. The fourth-order valence-corrected chi connectivity index (χ4v) is 3.60. The molecule has 5 nitrogen and oxygen atoms in total. The largest absolute Gasteiger partial charge is 0.503 e. The van der Waals surface area contributed by atoms with E-state index in [4.69, 9.17) is 0 Å². The Hall–Kier alpha value is -2.96. The highest BCUT2D eigenvalue weighted by Gasteiger charge is 2.34. The maximum absolute atomic E-state index is 13.6. The Morgan fingerprint density at radius 3 is 2.62 bits per heavy atom. The van der Waals surface area contributed by atoms with Gasteiger partial charge in [-0.1, -0.05) is 12.1 Å². The Morgan fingerprint density at radius 2 is 1.92 bits per heavy atom. The minimum atomic E-state index is -1.15. The molecule has 2 aromatic carbocycles. The number of likely N-dealkylation sites (tertiary alicyclic amines) is 1. The number of halogens is 2. The van der Waals surface area contributed by atoms with Gasteiger partial charge < -0.3 is 14.6 Å². The maximum Gasteiger partial charge on any atom is 0.254 e. The molecule has 1 atom stereocenters. The molecule has 134 valence electrons. The van der Waals surface area contributed by atoms with Gasteiger partial charge in [-0.15, -0.1) is 0 Å². The second kappa shape index (κ2) is 6.09. The first-order valence-electron chi connectivity index (χ1n) is 8.37. The number of hydrogen-bond donors (Lipinski definition) is 1. The Kier molecular flexibility index (Phi) is 3.86. The zero-order valence-corrected chi connectivity index (χ0v) is 14.1. The van der Waals surface area contributed by atoms with Gasteiger partial charge in [-0.2, -0.15) is 0 Å². The van der Waals surface area contributed by atoms with Crippen LogP contribution in [0.4, 0.5) is 8.78 Å². The van der Waals surface area contributed by atoms with E-state index in [1.54, 1.807) is 4.90 Å². The monoisotopic (exact) mass is 357 g/mol. The second-order valence-corrected chi connectivity index (χ2v) is 6.46. The molecule has 1 aromatic heterocycles. The standard InChI is InChI=1S/C19H17F2N3O2/c1-23-15-6-3-2-5-14(15)22-18(23)16-7-4-8-24(16)19(26)11-9-12(20)17(25)13(21)10-11/h2-3,5-6,9-10,16,25H,4,7-8H2,1H3/t16-/m0/s1. The zero-order chi connectivity index (χ0) is 18.4. The smallest absolute Gasteiger partial charge is 0.254 e. The van der Waals surface area contributed by atoms with Crippen molar-refractivity contribution in [2.75, 3.05) is 6.54 Å². The van der Waals surface area contributed by atoms with Crippen molar-refractivity contribution in [1.82, 2.24) is 14.5 Å². The average molecular weight is 357 g/mol. The lowest BCUT2D eigenvalue weighted by Gasteiger charge is -2.24. The van der Waals surface area contributed by atoms with Gasteiger partial charge in [0.2, 0.25) is 0 Å². The number of amides is 1. The van der Waals surface area contributed by atoms with Crippen LogP contribution < -0.4 is 0 Å². The summed E-state index contributed by atoms with van der Waals surface area (Å²) in [5.74, 6) is -3.09. The summed E-state index contributed by atoms with van der Waals surface area (Å²) >= 11 is 0. The van der Waals surface area contributed by atoms with Crippen molar-refractivity contribution in [3.8, 4) is 5.75 Å². The predicted molar refractivity (Wildman–Crippen MR) is 91.7 cm³/mol. The average Bonchev–Trinajstić information content (AvgIpc) is 3.23. The topological polar surface area (TPSA) is 58.4 Å². The first-order valence-corrected chi connectivity index (χ1v) is 8.37. The molecule has 2 heterocycles. The van der Waals surface area contributed by atoms with Crippen LogP contribution in [0.1, 0.15) is 35.1 Å². The Labute approximate surface area is 148 Å². The molecule has 26 heavy (non-hydrogen) atoms. The maximum atomic E-state index is 13.6. The van der Waals surface area contributed by atoms with E-state index in [1.165, 1.54) is 0 Å². The second-order valence-electron chi connectivity index (χ2n) is 6.46. The molecule has 1 aliphatic rings. The highest BCUT2D eigenvalue weighted by Crippen LogP contribution is 2.34. The molecule has 1 saturated heterocycles. The van der Waals surface area contributed by atoms with Crippen LogP contribution >= 0.6 is 0 Å². The number of fused-ring (bicyclic) bond motifs is 1. The van der Waals surface area contributed by atoms with Crippen molar-refractivity contribution < 1.29 is 18.7 Å². The summed E-state index contributed by atoms with van der Waals surface area (Å²) in [7, 11) is 1.89. The number of nitrogens with zero attached hydrogens (tertiary/aromatic N) is 3. The van der Waals surface area contributed by atoms with E-state index in [0.29, 0.717) is 6.54 Å². The molecule has 0 aliphatic carbocycles. The van der Waals surface area contributed by atoms with E-state index in [1.807, 2.05) is 35.9 Å². The van der Waals surface area contributed by atoms with E-state index >= 15 is 0 Å². The van der Waals surface area contributed by atoms with Gasteiger partial charge in [0.1, 0.15) is 5.82 Å². The number of phenolic OH excluding ortho intramolecular Hbond substituents is 1. The predicted octanol–water partition coefficient (Wildman–Crippen LogP) is 3.53. The molecular weight excluding hydrogens is 340 g/mol. The molecular formula is C19H17F2N3O2. The van der Waals surface area contributed by atoms with Gasteiger partial charge >= 0.3 is 0 Å². The van der Waals surface area contributed by atoms with E-state index in [2.05, 4.69) is 4.98 Å². The van der Waals surface area contributed by atoms with Gasteiger partial charge in [-0.25, -0.2) is 13.8 Å². The summed E-state index contributed by atoms with van der Waals surface area (Å²) in [5.41, 5.74) is 1.68. The number of aromatic nitrogens is 2. The number of aryl methyl sites for hydroxylation is 1. The fraction of sp³-hybridized carbons (Fsp3) is 0.263. The van der Waals surface area contributed by atoms with E-state index < -0.39 is 23.3 Å². The number of para-hydroxylation sites is 2. The molecule has 7 heteroatoms. The van der Waals surface area contributed by atoms with E-state index in [-0.39, 0.29) is 11.6 Å². The zero-order valence-electron chi connectivity index (χ0n) is 14.1. The third-order valence-corrected chi connectivity index (χ3v) is 4.90. The number of benzene rings is 2. The first-order chi connectivity index (χ1) is 12.5. The van der Waals surface area contributed by atoms with Crippen molar-refractivity contribution in [2.45, 2.75) is 18.9 Å². The van der Waals surface area contributed by atoms with E-state index in [0.717, 1.165) is 41.8 Å². The summed E-state index contributed by atoms with van der Waals surface area (Å²) in [5, 5.41) is 9.24. The van der Waals surface area contributed by atoms with Gasteiger partial charge in [0, 0.05) is 19.2 Å². The van der Waals surface area contributed by atoms with Gasteiger partial charge in [-0.3, -0.25) is 4.79 Å². The molecule has 1 aliphatic heterocycles. The lowest BCUT2D eigenvalue weighted by Crippen LogP contribution is -2.32. The number of aromatic hydroxyl groups is 1. The summed E-state index contributed by atoms with van der Waals surface area (Å²) in [6.45, 7) is 0.483. The van der Waals surface area contributed by atoms with Crippen LogP contribution in [0.5, 0.6) is 5.75 Å². The highest BCUT2D eigenvalue weighted by molar-refractivity contribution is 5.95. The summed E-state index contributed by atoms with van der Waals surface area (Å²) in [6.07, 6.45) is 1.51. The van der Waals surface area contributed by atoms with Crippen LogP contribution in [-0.4, -0.2) is 32.0 Å². The first kappa shape index (κ1) is 16.5. The quantitative estimate of drug-likeness (QED) is 0.763. The molecule has 0 spiro atoms. The molecule has 0 saturated carbocycles. The van der Waals surface area contributed by atoms with Crippen LogP contribution in [0.15, 0.2) is 36.4 Å². The minimum absolute atomic E-state index is 0.122. The minimum Gasteiger partial charge on any atom is -0.503 e. The number of carbonyl (C=O) groups is 1. The Morgan fingerprint density at radius 1 is 1.23 bits per heavy atom. The van der Waals surface area contributed by atoms with Crippen molar-refractivity contribution in [3.05, 3.63) is 59.4 Å². The molecule has 1 amide bonds. The lowest BCUT2D eigenvalue weighted by molar-refractivity contribution is 0.0727. The fourth-order valence-electron chi connectivity index (χ4n) is 3.60. The van der Waals surface area contributed by atoms with Crippen molar-refractivity contribution in [2.24, 2.45) is 7.05 Å². The summed E-state index contributed by atoms with van der Waals surface area (Å²) in [6, 6.07) is 9.16. The number of hydrogen-bond acceptors (Lipinski definition) is 3. The lowest BCUT2D eigenvalue weighted by atomic mass is 10.1. The van der Waals surface area contributed by atoms with Crippen molar-refractivity contribution in [3.63, 3.8) is 0 Å². The highest BCUT2D eigenvalue weighted by atomic mass is 19.1. The molecule has 1 fully saturated rings. The molecule has 0 unspecified atom stereocenters. The van der Waals surface area contributed by atoms with Crippen molar-refractivity contribution in [1.29, 1.82) is 0 Å².